The summed E-state index contributed by atoms with van der Waals surface area (Å²) in [5.74, 6) is 0.741. The van der Waals surface area contributed by atoms with Gasteiger partial charge in [0, 0.05) is 23.1 Å². The molecule has 0 spiro atoms. The van der Waals surface area contributed by atoms with Gasteiger partial charge in [-0.1, -0.05) is 28.1 Å². The van der Waals surface area contributed by atoms with Crippen LogP contribution >= 0.6 is 15.9 Å². The molecule has 0 bridgehead atoms. The second-order valence-corrected chi connectivity index (χ2v) is 5.35. The van der Waals surface area contributed by atoms with E-state index in [1.807, 2.05) is 48.5 Å². The number of nitrogens with one attached hydrogen (secondary N) is 2. The maximum atomic E-state index is 11.8. The highest BCUT2D eigenvalue weighted by Crippen LogP contribution is 2.22. The molecule has 2 N–H and O–H groups in total. The zero-order valence-corrected chi connectivity index (χ0v) is 13.3. The number of ether oxygens (including phenoxy) is 1. The number of carbonyl (C=O) groups excluding carboxylic acids is 1. The lowest BCUT2D eigenvalue weighted by Crippen LogP contribution is -2.16. The number of amides is 1. The average molecular weight is 349 g/mol. The standard InChI is InChI=1S/C16H17BrN2O2/c1-21-15-5-3-2-4-14(15)18-11-10-16(20)19-13-8-6-12(17)7-9-13/h2-9,18H,10-11H2,1H3,(H,19,20). The summed E-state index contributed by atoms with van der Waals surface area (Å²) in [6, 6.07) is 15.1. The van der Waals surface area contributed by atoms with E-state index in [4.69, 9.17) is 4.74 Å². The number of carbonyl (C=O) groups is 1. The number of benzene rings is 2. The van der Waals surface area contributed by atoms with Gasteiger partial charge in [-0.3, -0.25) is 4.79 Å². The van der Waals surface area contributed by atoms with Crippen molar-refractivity contribution in [2.45, 2.75) is 6.42 Å². The summed E-state index contributed by atoms with van der Waals surface area (Å²) in [7, 11) is 1.63. The maximum Gasteiger partial charge on any atom is 0.226 e. The minimum Gasteiger partial charge on any atom is -0.495 e. The fraction of sp³-hybridized carbons (Fsp3) is 0.188. The Labute approximate surface area is 132 Å². The largest absolute Gasteiger partial charge is 0.495 e. The van der Waals surface area contributed by atoms with E-state index >= 15 is 0 Å². The number of halogens is 1. The molecule has 0 aliphatic carbocycles. The minimum absolute atomic E-state index is 0.0280. The van der Waals surface area contributed by atoms with Crippen molar-refractivity contribution in [3.05, 3.63) is 53.0 Å². The molecule has 0 atom stereocenters. The molecule has 0 aromatic heterocycles. The van der Waals surface area contributed by atoms with E-state index in [0.717, 1.165) is 21.6 Å². The highest BCUT2D eigenvalue weighted by Gasteiger charge is 2.04. The molecule has 110 valence electrons. The summed E-state index contributed by atoms with van der Waals surface area (Å²) in [6.45, 7) is 0.544. The molecule has 5 heteroatoms. The van der Waals surface area contributed by atoms with E-state index in [2.05, 4.69) is 26.6 Å². The number of hydrogen-bond acceptors (Lipinski definition) is 3. The molecule has 4 nitrogen and oxygen atoms in total. The monoisotopic (exact) mass is 348 g/mol. The minimum atomic E-state index is -0.0280. The highest BCUT2D eigenvalue weighted by atomic mass is 79.9. The molecular formula is C16H17BrN2O2. The molecule has 2 rings (SSSR count). The summed E-state index contributed by atoms with van der Waals surface area (Å²) >= 11 is 3.36. The van der Waals surface area contributed by atoms with Crippen LogP contribution in [0.4, 0.5) is 11.4 Å². The SMILES string of the molecule is COc1ccccc1NCCC(=O)Nc1ccc(Br)cc1. The zero-order chi connectivity index (χ0) is 15.1. The van der Waals surface area contributed by atoms with E-state index < -0.39 is 0 Å². The van der Waals surface area contributed by atoms with Crippen molar-refractivity contribution in [2.24, 2.45) is 0 Å². The van der Waals surface area contributed by atoms with Crippen molar-refractivity contribution >= 4 is 33.2 Å². The summed E-state index contributed by atoms with van der Waals surface area (Å²) in [4.78, 5) is 11.8. The van der Waals surface area contributed by atoms with E-state index in [0.29, 0.717) is 13.0 Å². The van der Waals surface area contributed by atoms with Crippen LogP contribution in [0.25, 0.3) is 0 Å². The predicted molar refractivity (Wildman–Crippen MR) is 88.9 cm³/mol. The van der Waals surface area contributed by atoms with Gasteiger partial charge in [-0.25, -0.2) is 0 Å². The highest BCUT2D eigenvalue weighted by molar-refractivity contribution is 9.10. The van der Waals surface area contributed by atoms with E-state index in [1.54, 1.807) is 7.11 Å². The van der Waals surface area contributed by atoms with Crippen LogP contribution in [0.3, 0.4) is 0 Å². The van der Waals surface area contributed by atoms with Gasteiger partial charge in [0.15, 0.2) is 0 Å². The first kappa shape index (κ1) is 15.4. The van der Waals surface area contributed by atoms with Crippen molar-refractivity contribution in [3.63, 3.8) is 0 Å². The molecule has 0 aliphatic rings. The summed E-state index contributed by atoms with van der Waals surface area (Å²) in [5, 5.41) is 6.05. The maximum absolute atomic E-state index is 11.8. The number of para-hydroxylation sites is 2. The molecule has 0 radical (unpaired) electrons. The van der Waals surface area contributed by atoms with E-state index in [9.17, 15) is 4.79 Å². The van der Waals surface area contributed by atoms with Crippen molar-refractivity contribution in [1.82, 2.24) is 0 Å². The first-order valence-corrected chi connectivity index (χ1v) is 7.40. The topological polar surface area (TPSA) is 50.4 Å². The van der Waals surface area contributed by atoms with Gasteiger partial charge in [0.25, 0.3) is 0 Å². The Kier molecular flexibility index (Phi) is 5.63. The number of methoxy groups -OCH3 is 1. The second-order valence-electron chi connectivity index (χ2n) is 4.43. The summed E-state index contributed by atoms with van der Waals surface area (Å²) < 4.78 is 6.23. The van der Waals surface area contributed by atoms with Crippen molar-refractivity contribution < 1.29 is 9.53 Å². The van der Waals surface area contributed by atoms with Gasteiger partial charge in [-0.05, 0) is 36.4 Å². The van der Waals surface area contributed by atoms with Gasteiger partial charge in [-0.15, -0.1) is 0 Å². The van der Waals surface area contributed by atoms with Gasteiger partial charge in [0.1, 0.15) is 5.75 Å². The molecule has 2 aromatic carbocycles. The van der Waals surface area contributed by atoms with Gasteiger partial charge >= 0.3 is 0 Å². The van der Waals surface area contributed by atoms with Crippen molar-refractivity contribution in [1.29, 1.82) is 0 Å². The fourth-order valence-electron chi connectivity index (χ4n) is 1.86. The summed E-state index contributed by atoms with van der Waals surface area (Å²) in [5.41, 5.74) is 1.68. The van der Waals surface area contributed by atoms with Gasteiger partial charge in [0.2, 0.25) is 5.91 Å². The molecule has 21 heavy (non-hydrogen) atoms. The lowest BCUT2D eigenvalue weighted by atomic mass is 10.2. The fourth-order valence-corrected chi connectivity index (χ4v) is 2.12. The second kappa shape index (κ2) is 7.69. The molecule has 0 saturated heterocycles. The first-order valence-electron chi connectivity index (χ1n) is 6.61. The van der Waals surface area contributed by atoms with Gasteiger partial charge in [-0.2, -0.15) is 0 Å². The van der Waals surface area contributed by atoms with Crippen molar-refractivity contribution in [3.8, 4) is 5.75 Å². The van der Waals surface area contributed by atoms with Crippen LogP contribution in [0, 0.1) is 0 Å². The average Bonchev–Trinajstić information content (AvgIpc) is 2.50. The normalized spacial score (nSPS) is 10.0. The lowest BCUT2D eigenvalue weighted by Gasteiger charge is -2.11. The quantitative estimate of drug-likeness (QED) is 0.832. The van der Waals surface area contributed by atoms with Crippen LogP contribution in [0.15, 0.2) is 53.0 Å². The molecule has 0 fully saturated rings. The third kappa shape index (κ3) is 4.79. The Balaban J connectivity index is 1.80. The lowest BCUT2D eigenvalue weighted by molar-refractivity contribution is -0.115. The Morgan fingerprint density at radius 2 is 1.86 bits per heavy atom. The van der Waals surface area contributed by atoms with E-state index in [-0.39, 0.29) is 5.91 Å². The first-order chi connectivity index (χ1) is 10.2. The molecule has 0 aliphatic heterocycles. The third-order valence-corrected chi connectivity index (χ3v) is 3.43. The molecule has 1 amide bonds. The van der Waals surface area contributed by atoms with Crippen LogP contribution in [0.5, 0.6) is 5.75 Å². The van der Waals surface area contributed by atoms with Crippen molar-refractivity contribution in [2.75, 3.05) is 24.3 Å². The molecule has 2 aromatic rings. The predicted octanol–water partition coefficient (Wildman–Crippen LogP) is 3.90. The Morgan fingerprint density at radius 1 is 1.14 bits per heavy atom. The van der Waals surface area contributed by atoms with Crippen LogP contribution in [0.1, 0.15) is 6.42 Å². The molecular weight excluding hydrogens is 332 g/mol. The Hall–Kier alpha value is -2.01. The van der Waals surface area contributed by atoms with Crippen LogP contribution in [-0.2, 0) is 4.79 Å². The van der Waals surface area contributed by atoms with Crippen LogP contribution in [0.2, 0.25) is 0 Å². The molecule has 0 unspecified atom stereocenters. The third-order valence-electron chi connectivity index (χ3n) is 2.90. The molecule has 0 saturated carbocycles. The number of hydrogen-bond donors (Lipinski definition) is 2. The zero-order valence-electron chi connectivity index (χ0n) is 11.7. The number of rotatable bonds is 6. The van der Waals surface area contributed by atoms with E-state index in [1.165, 1.54) is 0 Å². The van der Waals surface area contributed by atoms with Crippen LogP contribution in [-0.4, -0.2) is 19.6 Å². The Morgan fingerprint density at radius 3 is 2.57 bits per heavy atom. The van der Waals surface area contributed by atoms with Gasteiger partial charge < -0.3 is 15.4 Å². The summed E-state index contributed by atoms with van der Waals surface area (Å²) in [6.07, 6.45) is 0.383. The van der Waals surface area contributed by atoms with Crippen LogP contribution < -0.4 is 15.4 Å². The number of anilines is 2. The molecule has 0 heterocycles. The van der Waals surface area contributed by atoms with Gasteiger partial charge in [0.05, 0.1) is 12.8 Å². The smallest absolute Gasteiger partial charge is 0.226 e. The Bertz CT molecular complexity index is 599.